The van der Waals surface area contributed by atoms with Gasteiger partial charge in [-0.2, -0.15) is 0 Å². The zero-order chi connectivity index (χ0) is 14.4. The number of nitrogens with one attached hydrogen (secondary N) is 1. The number of hydrogen-bond donors (Lipinski definition) is 2. The Morgan fingerprint density at radius 2 is 2.25 bits per heavy atom. The standard InChI is InChI=1S/C11H12FN5O2S/c12-8-3-1-2-4-9(8)13-10(19)7-20-11-14-15-16-17(11)5-6-18/h1-4,18H,5-7H2,(H,13,19). The fourth-order valence-electron chi connectivity index (χ4n) is 1.41. The number of rotatable bonds is 6. The Morgan fingerprint density at radius 1 is 1.45 bits per heavy atom. The summed E-state index contributed by atoms with van der Waals surface area (Å²) in [4.78, 5) is 11.7. The summed E-state index contributed by atoms with van der Waals surface area (Å²) >= 11 is 1.11. The molecule has 2 aromatic rings. The summed E-state index contributed by atoms with van der Waals surface area (Å²) in [5.74, 6) is -0.810. The quantitative estimate of drug-likeness (QED) is 0.756. The molecule has 0 atom stereocenters. The summed E-state index contributed by atoms with van der Waals surface area (Å²) in [5.41, 5.74) is 0.132. The molecule has 0 radical (unpaired) electrons. The molecule has 0 unspecified atom stereocenters. The Morgan fingerprint density at radius 3 is 3.00 bits per heavy atom. The summed E-state index contributed by atoms with van der Waals surface area (Å²) in [6.45, 7) is 0.157. The second-order valence-electron chi connectivity index (χ2n) is 3.72. The number of carbonyl (C=O) groups is 1. The highest BCUT2D eigenvalue weighted by Crippen LogP contribution is 2.16. The molecule has 1 amide bonds. The molecule has 0 saturated heterocycles. The first kappa shape index (κ1) is 14.4. The number of halogens is 1. The van der Waals surface area contributed by atoms with E-state index in [1.165, 1.54) is 16.8 Å². The van der Waals surface area contributed by atoms with Gasteiger partial charge in [-0.3, -0.25) is 4.79 Å². The highest BCUT2D eigenvalue weighted by Gasteiger charge is 2.11. The summed E-state index contributed by atoms with van der Waals surface area (Å²) in [7, 11) is 0. The first-order valence-electron chi connectivity index (χ1n) is 5.75. The minimum absolute atomic E-state index is 0.0418. The lowest BCUT2D eigenvalue weighted by Gasteiger charge is -2.05. The number of anilines is 1. The SMILES string of the molecule is O=C(CSc1nnnn1CCO)Nc1ccccc1F. The zero-order valence-corrected chi connectivity index (χ0v) is 11.2. The van der Waals surface area contributed by atoms with Crippen LogP contribution in [0.4, 0.5) is 10.1 Å². The molecule has 0 aliphatic carbocycles. The average Bonchev–Trinajstić information content (AvgIpc) is 2.87. The number of aliphatic hydroxyl groups excluding tert-OH is 1. The number of aromatic nitrogens is 4. The number of amides is 1. The fraction of sp³-hybridized carbons (Fsp3) is 0.273. The molecule has 1 aromatic carbocycles. The molecule has 2 N–H and O–H groups in total. The van der Waals surface area contributed by atoms with Crippen molar-refractivity contribution in [2.45, 2.75) is 11.7 Å². The molecule has 7 nitrogen and oxygen atoms in total. The van der Waals surface area contributed by atoms with Crippen molar-refractivity contribution in [3.63, 3.8) is 0 Å². The van der Waals surface area contributed by atoms with Crippen LogP contribution in [0.3, 0.4) is 0 Å². The number of tetrazole rings is 1. The summed E-state index contributed by atoms with van der Waals surface area (Å²) in [6, 6.07) is 5.93. The molecule has 1 heterocycles. The molecule has 106 valence electrons. The van der Waals surface area contributed by atoms with Crippen molar-refractivity contribution in [3.05, 3.63) is 30.1 Å². The third-order valence-electron chi connectivity index (χ3n) is 2.29. The Kier molecular flexibility index (Phi) is 5.02. The van der Waals surface area contributed by atoms with Crippen LogP contribution in [0.1, 0.15) is 0 Å². The number of nitrogens with zero attached hydrogens (tertiary/aromatic N) is 4. The highest BCUT2D eigenvalue weighted by atomic mass is 32.2. The number of hydrogen-bond acceptors (Lipinski definition) is 6. The molecule has 0 bridgehead atoms. The van der Waals surface area contributed by atoms with Gasteiger partial charge in [0.15, 0.2) is 0 Å². The minimum Gasteiger partial charge on any atom is -0.394 e. The summed E-state index contributed by atoms with van der Waals surface area (Å²) < 4.78 is 14.7. The lowest BCUT2D eigenvalue weighted by atomic mass is 10.3. The van der Waals surface area contributed by atoms with E-state index in [-0.39, 0.29) is 30.5 Å². The second kappa shape index (κ2) is 6.96. The largest absolute Gasteiger partial charge is 0.394 e. The van der Waals surface area contributed by atoms with Gasteiger partial charge in [0.25, 0.3) is 0 Å². The van der Waals surface area contributed by atoms with Crippen molar-refractivity contribution in [1.29, 1.82) is 0 Å². The summed E-state index contributed by atoms with van der Waals surface area (Å²) in [6.07, 6.45) is 0. The Bertz CT molecular complexity index is 592. The Labute approximate surface area is 118 Å². The minimum atomic E-state index is -0.490. The Hall–Kier alpha value is -2.00. The maximum atomic E-state index is 13.3. The number of para-hydroxylation sites is 1. The first-order valence-corrected chi connectivity index (χ1v) is 6.73. The Balaban J connectivity index is 1.89. The molecule has 0 saturated carbocycles. The van der Waals surface area contributed by atoms with Gasteiger partial charge in [0.1, 0.15) is 5.82 Å². The van der Waals surface area contributed by atoms with Crippen molar-refractivity contribution in [1.82, 2.24) is 20.2 Å². The van der Waals surface area contributed by atoms with E-state index in [9.17, 15) is 9.18 Å². The highest BCUT2D eigenvalue weighted by molar-refractivity contribution is 7.99. The molecule has 0 fully saturated rings. The van der Waals surface area contributed by atoms with E-state index in [2.05, 4.69) is 20.8 Å². The molecule has 1 aromatic heterocycles. The van der Waals surface area contributed by atoms with Crippen LogP contribution < -0.4 is 5.32 Å². The van der Waals surface area contributed by atoms with Crippen LogP contribution >= 0.6 is 11.8 Å². The van der Waals surface area contributed by atoms with E-state index in [0.717, 1.165) is 11.8 Å². The summed E-state index contributed by atoms with van der Waals surface area (Å²) in [5, 5.41) is 22.6. The maximum Gasteiger partial charge on any atom is 0.234 e. The van der Waals surface area contributed by atoms with Gasteiger partial charge in [-0.1, -0.05) is 23.9 Å². The molecular weight excluding hydrogens is 285 g/mol. The van der Waals surface area contributed by atoms with Crippen molar-refractivity contribution in [2.24, 2.45) is 0 Å². The normalized spacial score (nSPS) is 10.5. The molecular formula is C11H12FN5O2S. The predicted octanol–water partition coefficient (Wildman–Crippen LogP) is 0.535. The topological polar surface area (TPSA) is 92.9 Å². The van der Waals surface area contributed by atoms with Gasteiger partial charge in [0.05, 0.1) is 24.6 Å². The van der Waals surface area contributed by atoms with E-state index >= 15 is 0 Å². The van der Waals surface area contributed by atoms with Crippen LogP contribution in [0, 0.1) is 5.82 Å². The lowest BCUT2D eigenvalue weighted by Crippen LogP contribution is -2.16. The maximum absolute atomic E-state index is 13.3. The molecule has 9 heteroatoms. The average molecular weight is 297 g/mol. The van der Waals surface area contributed by atoms with Crippen LogP contribution in [0.25, 0.3) is 0 Å². The fourth-order valence-corrected chi connectivity index (χ4v) is 2.12. The van der Waals surface area contributed by atoms with Gasteiger partial charge in [0.2, 0.25) is 11.1 Å². The van der Waals surface area contributed by atoms with Crippen molar-refractivity contribution >= 4 is 23.4 Å². The lowest BCUT2D eigenvalue weighted by molar-refractivity contribution is -0.113. The monoisotopic (exact) mass is 297 g/mol. The van der Waals surface area contributed by atoms with Gasteiger partial charge in [-0.05, 0) is 22.6 Å². The zero-order valence-electron chi connectivity index (χ0n) is 10.4. The van der Waals surface area contributed by atoms with E-state index in [0.29, 0.717) is 5.16 Å². The van der Waals surface area contributed by atoms with Crippen LogP contribution in [0.5, 0.6) is 0 Å². The van der Waals surface area contributed by atoms with Gasteiger partial charge in [-0.15, -0.1) is 5.10 Å². The van der Waals surface area contributed by atoms with Crippen molar-refractivity contribution in [2.75, 3.05) is 17.7 Å². The number of benzene rings is 1. The van der Waals surface area contributed by atoms with Gasteiger partial charge in [-0.25, -0.2) is 9.07 Å². The van der Waals surface area contributed by atoms with Crippen LogP contribution in [-0.4, -0.2) is 43.6 Å². The van der Waals surface area contributed by atoms with Crippen molar-refractivity contribution < 1.29 is 14.3 Å². The van der Waals surface area contributed by atoms with Gasteiger partial charge < -0.3 is 10.4 Å². The third kappa shape index (κ3) is 3.75. The van der Waals surface area contributed by atoms with Gasteiger partial charge >= 0.3 is 0 Å². The molecule has 20 heavy (non-hydrogen) atoms. The van der Waals surface area contributed by atoms with Crippen LogP contribution in [0.2, 0.25) is 0 Å². The van der Waals surface area contributed by atoms with E-state index in [1.807, 2.05) is 0 Å². The number of aliphatic hydroxyl groups is 1. The number of carbonyl (C=O) groups excluding carboxylic acids is 1. The van der Waals surface area contributed by atoms with Gasteiger partial charge in [0, 0.05) is 0 Å². The third-order valence-corrected chi connectivity index (χ3v) is 3.25. The van der Waals surface area contributed by atoms with Crippen LogP contribution in [0.15, 0.2) is 29.4 Å². The van der Waals surface area contributed by atoms with Crippen molar-refractivity contribution in [3.8, 4) is 0 Å². The van der Waals surface area contributed by atoms with E-state index < -0.39 is 5.82 Å². The number of thioether (sulfide) groups is 1. The van der Waals surface area contributed by atoms with Crippen LogP contribution in [-0.2, 0) is 11.3 Å². The smallest absolute Gasteiger partial charge is 0.234 e. The molecule has 0 aliphatic rings. The predicted molar refractivity (Wildman–Crippen MR) is 70.7 cm³/mol. The molecule has 2 rings (SSSR count). The van der Waals surface area contributed by atoms with E-state index in [1.54, 1.807) is 12.1 Å². The second-order valence-corrected chi connectivity index (χ2v) is 4.67. The van der Waals surface area contributed by atoms with E-state index in [4.69, 9.17) is 5.11 Å². The molecule has 0 aliphatic heterocycles. The molecule has 0 spiro atoms. The first-order chi connectivity index (χ1) is 9.70.